The first-order valence-electron chi connectivity index (χ1n) is 27.0. The number of carbonyl (C=O) groups excluding carboxylic acids is 1. The summed E-state index contributed by atoms with van der Waals surface area (Å²) < 4.78 is 34.8. The first kappa shape index (κ1) is 63.2. The fraction of sp³-hybridized carbons (Fsp3) is 0.804. The molecule has 0 aromatic carbocycles. The van der Waals surface area contributed by atoms with Gasteiger partial charge in [-0.3, -0.25) is 9.36 Å². The number of hydrogen-bond donors (Lipinski definition) is 0. The topological polar surface area (TPSA) is 94.1 Å². The van der Waals surface area contributed by atoms with Crippen molar-refractivity contribution in [1.29, 1.82) is 0 Å². The van der Waals surface area contributed by atoms with Gasteiger partial charge in [-0.2, -0.15) is 0 Å². The van der Waals surface area contributed by atoms with Crippen LogP contribution >= 0.6 is 7.82 Å². The molecule has 2 atom stereocenters. The molecule has 0 aliphatic rings. The van der Waals surface area contributed by atoms with Crippen LogP contribution < -0.4 is 4.89 Å². The van der Waals surface area contributed by atoms with E-state index >= 15 is 0 Å². The van der Waals surface area contributed by atoms with Crippen molar-refractivity contribution in [2.24, 2.45) is 0 Å². The van der Waals surface area contributed by atoms with Crippen LogP contribution in [-0.4, -0.2) is 70.7 Å². The summed E-state index contributed by atoms with van der Waals surface area (Å²) in [5, 5.41) is 0. The Hall–Kier alpha value is -1.80. The molecule has 0 aromatic rings. The minimum atomic E-state index is -4.54. The largest absolute Gasteiger partial charge is 0.756 e. The van der Waals surface area contributed by atoms with Crippen molar-refractivity contribution in [1.82, 2.24) is 0 Å². The lowest BCUT2D eigenvalue weighted by molar-refractivity contribution is -0.870. The van der Waals surface area contributed by atoms with Crippen molar-refractivity contribution in [3.05, 3.63) is 60.8 Å². The average Bonchev–Trinajstić information content (AvgIpc) is 3.27. The molecule has 2 unspecified atom stereocenters. The molecule has 0 aliphatic carbocycles. The number of esters is 1. The fourth-order valence-corrected chi connectivity index (χ4v) is 8.19. The van der Waals surface area contributed by atoms with Crippen LogP contribution in [0, 0.1) is 0 Å². The van der Waals surface area contributed by atoms with Crippen molar-refractivity contribution in [3.63, 3.8) is 0 Å². The monoisotopic (exact) mass is 934 g/mol. The highest BCUT2D eigenvalue weighted by Gasteiger charge is 2.20. The maximum atomic E-state index is 12.8. The number of rotatable bonds is 50. The summed E-state index contributed by atoms with van der Waals surface area (Å²) in [5.74, 6) is -0.340. The average molecular weight is 934 g/mol. The van der Waals surface area contributed by atoms with E-state index < -0.39 is 13.9 Å². The third kappa shape index (κ3) is 53.0. The zero-order valence-electron chi connectivity index (χ0n) is 43.2. The fourth-order valence-electron chi connectivity index (χ4n) is 7.46. The Morgan fingerprint density at radius 3 is 1.34 bits per heavy atom. The molecule has 0 bridgehead atoms. The summed E-state index contributed by atoms with van der Waals surface area (Å²) in [6.45, 7) is 5.27. The molecule has 0 aromatic heterocycles. The molecule has 0 rings (SSSR count). The lowest BCUT2D eigenvalue weighted by Gasteiger charge is -2.28. The van der Waals surface area contributed by atoms with Gasteiger partial charge in [0.2, 0.25) is 0 Å². The number of allylic oxidation sites excluding steroid dienone is 10. The van der Waals surface area contributed by atoms with Crippen LogP contribution in [0.15, 0.2) is 60.8 Å². The zero-order chi connectivity index (χ0) is 47.6. The van der Waals surface area contributed by atoms with Gasteiger partial charge < -0.3 is 27.9 Å². The summed E-state index contributed by atoms with van der Waals surface area (Å²) in [4.78, 5) is 25.2. The molecular weight excluding hydrogens is 830 g/mol. The van der Waals surface area contributed by atoms with E-state index in [1.54, 1.807) is 0 Å². The van der Waals surface area contributed by atoms with Crippen molar-refractivity contribution < 1.29 is 37.3 Å². The number of phosphoric ester groups is 1. The molecule has 0 fully saturated rings. The van der Waals surface area contributed by atoms with Gasteiger partial charge in [0.05, 0.1) is 34.4 Å². The van der Waals surface area contributed by atoms with Crippen LogP contribution in [0.3, 0.4) is 0 Å². The Balaban J connectivity index is 4.14. The second-order valence-corrected chi connectivity index (χ2v) is 20.6. The van der Waals surface area contributed by atoms with Gasteiger partial charge in [-0.15, -0.1) is 0 Å². The third-order valence-corrected chi connectivity index (χ3v) is 12.5. The second kappa shape index (κ2) is 48.6. The van der Waals surface area contributed by atoms with Gasteiger partial charge in [-0.1, -0.05) is 229 Å². The van der Waals surface area contributed by atoms with Crippen molar-refractivity contribution in [2.75, 3.05) is 54.1 Å². The Bertz CT molecular complexity index is 1220. The Morgan fingerprint density at radius 2 is 0.892 bits per heavy atom. The van der Waals surface area contributed by atoms with Gasteiger partial charge in [-0.25, -0.2) is 0 Å². The molecule has 9 heteroatoms. The highest BCUT2D eigenvalue weighted by molar-refractivity contribution is 7.45. The predicted molar refractivity (Wildman–Crippen MR) is 277 cm³/mol. The van der Waals surface area contributed by atoms with Crippen LogP contribution in [0.1, 0.15) is 232 Å². The number of carbonyl (C=O) groups is 1. The van der Waals surface area contributed by atoms with Gasteiger partial charge in [0, 0.05) is 13.0 Å². The number of nitrogens with zero attached hydrogens (tertiary/aromatic N) is 1. The van der Waals surface area contributed by atoms with E-state index in [1.165, 1.54) is 128 Å². The van der Waals surface area contributed by atoms with E-state index in [2.05, 4.69) is 74.6 Å². The molecule has 0 N–H and O–H groups in total. The number of phosphoric acid groups is 1. The van der Waals surface area contributed by atoms with Crippen LogP contribution in [0.2, 0.25) is 0 Å². The summed E-state index contributed by atoms with van der Waals surface area (Å²) in [6, 6.07) is 0. The normalized spacial score (nSPS) is 14.0. The van der Waals surface area contributed by atoms with Crippen LogP contribution in [0.4, 0.5) is 0 Å². The van der Waals surface area contributed by atoms with Crippen LogP contribution in [0.5, 0.6) is 0 Å². The zero-order valence-corrected chi connectivity index (χ0v) is 44.1. The summed E-state index contributed by atoms with van der Waals surface area (Å²) in [5.41, 5.74) is 0. The Morgan fingerprint density at radius 1 is 0.492 bits per heavy atom. The van der Waals surface area contributed by atoms with Gasteiger partial charge in [-0.05, 0) is 57.8 Å². The first-order valence-corrected chi connectivity index (χ1v) is 28.5. The van der Waals surface area contributed by atoms with Crippen LogP contribution in [-0.2, 0) is 27.9 Å². The summed E-state index contributed by atoms with van der Waals surface area (Å²) in [6.07, 6.45) is 62.6. The highest BCUT2D eigenvalue weighted by atomic mass is 31.2. The summed E-state index contributed by atoms with van der Waals surface area (Å²) >= 11 is 0. The number of likely N-dealkylation sites (N-methyl/N-ethyl adjacent to an activating group) is 1. The van der Waals surface area contributed by atoms with E-state index in [1.807, 2.05) is 21.1 Å². The standard InChI is InChI=1S/C56H104NO7P/c1-6-8-10-12-14-16-18-20-22-24-26-28-29-30-31-33-35-37-39-41-43-45-47-49-56(58)64-55(54-63-65(59,60)62-52-50-57(3,4)5)53-61-51-48-46-44-42-40-38-36-34-32-27-25-23-21-19-17-15-13-11-9-7-2/h9,11,15,17,21,23,27,32,36,38,55H,6-8,10,12-14,16,18-20,22,24-26,28-31,33-35,37,39-54H2,1-5H3/b11-9-,17-15-,23-21-,32-27-,38-36-. The number of unbranched alkanes of at least 4 members (excludes halogenated alkanes) is 26. The van der Waals surface area contributed by atoms with Crippen molar-refractivity contribution in [3.8, 4) is 0 Å². The predicted octanol–water partition coefficient (Wildman–Crippen LogP) is 16.2. The molecule has 0 radical (unpaired) electrons. The molecule has 0 saturated heterocycles. The molecule has 8 nitrogen and oxygen atoms in total. The Labute approximate surface area is 402 Å². The number of quaternary nitrogens is 1. The van der Waals surface area contributed by atoms with E-state index in [9.17, 15) is 14.3 Å². The van der Waals surface area contributed by atoms with Crippen molar-refractivity contribution >= 4 is 13.8 Å². The molecular formula is C56H104NO7P. The third-order valence-electron chi connectivity index (χ3n) is 11.6. The second-order valence-electron chi connectivity index (χ2n) is 19.2. The maximum Gasteiger partial charge on any atom is 0.306 e. The van der Waals surface area contributed by atoms with Crippen molar-refractivity contribution in [2.45, 2.75) is 238 Å². The van der Waals surface area contributed by atoms with Gasteiger partial charge in [0.15, 0.2) is 0 Å². The SMILES string of the molecule is CC/C=C\C/C=C\C/C=C\C/C=C\C/C=C\CCCCCCOCC(COP(=O)([O-])OCC[N+](C)(C)C)OC(=O)CCCCCCCCCCCCCCCCCCCCCCCCC. The molecule has 0 heterocycles. The van der Waals surface area contributed by atoms with E-state index in [0.717, 1.165) is 83.5 Å². The number of ether oxygens (including phenoxy) is 2. The molecule has 0 saturated carbocycles. The quantitative estimate of drug-likeness (QED) is 0.0197. The lowest BCUT2D eigenvalue weighted by atomic mass is 10.0. The van der Waals surface area contributed by atoms with Gasteiger partial charge in [0.1, 0.15) is 19.3 Å². The molecule has 65 heavy (non-hydrogen) atoms. The van der Waals surface area contributed by atoms with E-state index in [0.29, 0.717) is 24.1 Å². The molecule has 0 spiro atoms. The first-order chi connectivity index (χ1) is 31.6. The number of hydrogen-bond acceptors (Lipinski definition) is 7. The lowest BCUT2D eigenvalue weighted by Crippen LogP contribution is -2.37. The molecule has 380 valence electrons. The molecule has 0 amide bonds. The van der Waals surface area contributed by atoms with Gasteiger partial charge in [0.25, 0.3) is 7.82 Å². The smallest absolute Gasteiger partial charge is 0.306 e. The minimum Gasteiger partial charge on any atom is -0.756 e. The summed E-state index contributed by atoms with van der Waals surface area (Å²) in [7, 11) is 1.34. The molecule has 0 aliphatic heterocycles. The maximum absolute atomic E-state index is 12.8. The van der Waals surface area contributed by atoms with E-state index in [4.69, 9.17) is 18.5 Å². The minimum absolute atomic E-state index is 0.0197. The van der Waals surface area contributed by atoms with Crippen LogP contribution in [0.25, 0.3) is 0 Å². The Kier molecular flexibility index (Phi) is 47.3. The van der Waals surface area contributed by atoms with Gasteiger partial charge >= 0.3 is 5.97 Å². The van der Waals surface area contributed by atoms with E-state index in [-0.39, 0.29) is 25.8 Å². The highest BCUT2D eigenvalue weighted by Crippen LogP contribution is 2.38.